The fraction of sp³-hybridized carbons (Fsp3) is 0.438. The highest BCUT2D eigenvalue weighted by atomic mass is 16.5. The monoisotopic (exact) mass is 303 g/mol. The van der Waals surface area contributed by atoms with Crippen molar-refractivity contribution >= 4 is 5.91 Å². The van der Waals surface area contributed by atoms with Crippen LogP contribution in [0.1, 0.15) is 24.7 Å². The summed E-state index contributed by atoms with van der Waals surface area (Å²) in [5.74, 6) is 1.29. The number of carbonyl (C=O) groups is 1. The van der Waals surface area contributed by atoms with Crippen LogP contribution in [0.25, 0.3) is 0 Å². The van der Waals surface area contributed by atoms with E-state index in [0.717, 1.165) is 11.3 Å². The molecule has 0 aliphatic carbocycles. The van der Waals surface area contributed by atoms with Crippen LogP contribution in [0.4, 0.5) is 0 Å². The van der Waals surface area contributed by atoms with E-state index < -0.39 is 6.10 Å². The largest absolute Gasteiger partial charge is 0.480 e. The van der Waals surface area contributed by atoms with Crippen LogP contribution < -0.4 is 4.74 Å². The molecule has 1 aromatic heterocycles. The SMILES string of the molecule is CCC(Oc1ccccc1C)C(=O)N(C)CCc1ncon1. The van der Waals surface area contributed by atoms with Gasteiger partial charge < -0.3 is 14.2 Å². The second-order valence-corrected chi connectivity index (χ2v) is 5.14. The number of aryl methyl sites for hydroxylation is 1. The topological polar surface area (TPSA) is 68.5 Å². The maximum absolute atomic E-state index is 12.5. The molecule has 0 saturated heterocycles. The molecule has 2 rings (SSSR count). The molecule has 1 atom stereocenters. The first-order valence-electron chi connectivity index (χ1n) is 7.34. The van der Waals surface area contributed by atoms with Gasteiger partial charge in [-0.3, -0.25) is 4.79 Å². The first kappa shape index (κ1) is 16.0. The van der Waals surface area contributed by atoms with Crippen LogP contribution in [0.2, 0.25) is 0 Å². The molecule has 1 heterocycles. The Kier molecular flexibility index (Phi) is 5.52. The van der Waals surface area contributed by atoms with E-state index in [1.807, 2.05) is 38.1 Å². The maximum Gasteiger partial charge on any atom is 0.263 e. The summed E-state index contributed by atoms with van der Waals surface area (Å²) in [7, 11) is 1.76. The number of rotatable bonds is 7. The molecule has 1 unspecified atom stereocenters. The number of likely N-dealkylation sites (N-methyl/N-ethyl adjacent to an activating group) is 1. The van der Waals surface area contributed by atoms with Gasteiger partial charge in [-0.25, -0.2) is 0 Å². The van der Waals surface area contributed by atoms with E-state index in [1.165, 1.54) is 6.39 Å². The molecule has 0 N–H and O–H groups in total. The summed E-state index contributed by atoms with van der Waals surface area (Å²) >= 11 is 0. The Balaban J connectivity index is 1.94. The number of ether oxygens (including phenoxy) is 1. The molecule has 0 saturated carbocycles. The third kappa shape index (κ3) is 4.07. The zero-order valence-electron chi connectivity index (χ0n) is 13.2. The molecule has 6 nitrogen and oxygen atoms in total. The van der Waals surface area contributed by atoms with Gasteiger partial charge in [-0.05, 0) is 25.0 Å². The molecule has 6 heteroatoms. The molecule has 0 bridgehead atoms. The van der Waals surface area contributed by atoms with Crippen molar-refractivity contribution < 1.29 is 14.1 Å². The van der Waals surface area contributed by atoms with Gasteiger partial charge in [0.25, 0.3) is 5.91 Å². The average Bonchev–Trinajstić information content (AvgIpc) is 3.04. The quantitative estimate of drug-likeness (QED) is 0.784. The van der Waals surface area contributed by atoms with Gasteiger partial charge in [0.1, 0.15) is 5.75 Å². The van der Waals surface area contributed by atoms with E-state index in [-0.39, 0.29) is 5.91 Å². The second kappa shape index (κ2) is 7.59. The third-order valence-electron chi connectivity index (χ3n) is 3.46. The van der Waals surface area contributed by atoms with Crippen molar-refractivity contribution in [1.29, 1.82) is 0 Å². The molecule has 0 radical (unpaired) electrons. The minimum Gasteiger partial charge on any atom is -0.480 e. The molecule has 0 spiro atoms. The fourth-order valence-electron chi connectivity index (χ4n) is 2.08. The molecule has 0 fully saturated rings. The normalized spacial score (nSPS) is 12.0. The minimum absolute atomic E-state index is 0.0470. The van der Waals surface area contributed by atoms with Gasteiger partial charge >= 0.3 is 0 Å². The van der Waals surface area contributed by atoms with Crippen molar-refractivity contribution in [2.75, 3.05) is 13.6 Å². The Morgan fingerprint density at radius 2 is 2.18 bits per heavy atom. The summed E-state index contributed by atoms with van der Waals surface area (Å²) in [5, 5.41) is 3.74. The van der Waals surface area contributed by atoms with Crippen LogP contribution in [0.15, 0.2) is 35.2 Å². The van der Waals surface area contributed by atoms with E-state index in [2.05, 4.69) is 14.7 Å². The van der Waals surface area contributed by atoms with Crippen LogP contribution in [-0.2, 0) is 11.2 Å². The Morgan fingerprint density at radius 1 is 1.41 bits per heavy atom. The van der Waals surface area contributed by atoms with Gasteiger partial charge in [0.15, 0.2) is 11.9 Å². The number of hydrogen-bond donors (Lipinski definition) is 0. The van der Waals surface area contributed by atoms with Gasteiger partial charge in [0, 0.05) is 20.0 Å². The van der Waals surface area contributed by atoms with E-state index in [1.54, 1.807) is 11.9 Å². The third-order valence-corrected chi connectivity index (χ3v) is 3.46. The smallest absolute Gasteiger partial charge is 0.263 e. The predicted molar refractivity (Wildman–Crippen MR) is 81.5 cm³/mol. The number of amides is 1. The number of benzene rings is 1. The molecular weight excluding hydrogens is 282 g/mol. The van der Waals surface area contributed by atoms with Gasteiger partial charge in [-0.1, -0.05) is 30.3 Å². The standard InChI is InChI=1S/C16H21N3O3/c1-4-13(22-14-8-6-5-7-12(14)2)16(20)19(3)10-9-15-17-11-21-18-15/h5-8,11,13H,4,9-10H2,1-3H3. The molecule has 1 aromatic carbocycles. The van der Waals surface area contributed by atoms with E-state index in [4.69, 9.17) is 4.74 Å². The highest BCUT2D eigenvalue weighted by Gasteiger charge is 2.22. The molecule has 0 aliphatic heterocycles. The lowest BCUT2D eigenvalue weighted by atomic mass is 10.2. The summed E-state index contributed by atoms with van der Waals surface area (Å²) < 4.78 is 10.6. The van der Waals surface area contributed by atoms with Crippen LogP contribution in [0.3, 0.4) is 0 Å². The predicted octanol–water partition coefficient (Wildman–Crippen LogP) is 2.24. The van der Waals surface area contributed by atoms with Crippen LogP contribution >= 0.6 is 0 Å². The van der Waals surface area contributed by atoms with E-state index in [9.17, 15) is 4.79 Å². The number of carbonyl (C=O) groups excluding carboxylic acids is 1. The summed E-state index contributed by atoms with van der Waals surface area (Å²) in [6.45, 7) is 4.42. The molecule has 0 aliphatic rings. The highest BCUT2D eigenvalue weighted by molar-refractivity contribution is 5.81. The number of para-hydroxylation sites is 1. The zero-order valence-corrected chi connectivity index (χ0v) is 13.2. The van der Waals surface area contributed by atoms with Crippen molar-refractivity contribution in [2.24, 2.45) is 0 Å². The fourth-order valence-corrected chi connectivity index (χ4v) is 2.08. The lowest BCUT2D eigenvalue weighted by molar-refractivity contribution is -0.137. The maximum atomic E-state index is 12.5. The summed E-state index contributed by atoms with van der Waals surface area (Å²) in [4.78, 5) is 18.1. The Morgan fingerprint density at radius 3 is 2.82 bits per heavy atom. The van der Waals surface area contributed by atoms with Gasteiger partial charge in [0.2, 0.25) is 6.39 Å². The van der Waals surface area contributed by atoms with E-state index in [0.29, 0.717) is 25.2 Å². The summed E-state index contributed by atoms with van der Waals surface area (Å²) in [6, 6.07) is 7.69. The summed E-state index contributed by atoms with van der Waals surface area (Å²) in [5.41, 5.74) is 1.02. The molecular formula is C16H21N3O3. The van der Waals surface area contributed by atoms with Crippen molar-refractivity contribution in [3.05, 3.63) is 42.0 Å². The van der Waals surface area contributed by atoms with Crippen LogP contribution in [0.5, 0.6) is 5.75 Å². The molecule has 118 valence electrons. The van der Waals surface area contributed by atoms with Crippen LogP contribution in [-0.4, -0.2) is 40.6 Å². The van der Waals surface area contributed by atoms with Crippen molar-refractivity contribution in [3.8, 4) is 5.75 Å². The first-order chi connectivity index (χ1) is 10.6. The van der Waals surface area contributed by atoms with Crippen molar-refractivity contribution in [3.63, 3.8) is 0 Å². The lowest BCUT2D eigenvalue weighted by Crippen LogP contribution is -2.40. The van der Waals surface area contributed by atoms with Crippen LogP contribution in [0, 0.1) is 6.92 Å². The van der Waals surface area contributed by atoms with Crippen molar-refractivity contribution in [2.45, 2.75) is 32.8 Å². The number of nitrogens with zero attached hydrogens (tertiary/aromatic N) is 3. The average molecular weight is 303 g/mol. The summed E-state index contributed by atoms with van der Waals surface area (Å²) in [6.07, 6.45) is 1.96. The van der Waals surface area contributed by atoms with Gasteiger partial charge in [0.05, 0.1) is 0 Å². The second-order valence-electron chi connectivity index (χ2n) is 5.14. The first-order valence-corrected chi connectivity index (χ1v) is 7.34. The number of aromatic nitrogens is 2. The van der Waals surface area contributed by atoms with E-state index >= 15 is 0 Å². The zero-order chi connectivity index (χ0) is 15.9. The molecule has 1 amide bonds. The van der Waals surface area contributed by atoms with Gasteiger partial charge in [-0.2, -0.15) is 4.98 Å². The van der Waals surface area contributed by atoms with Gasteiger partial charge in [-0.15, -0.1) is 0 Å². The minimum atomic E-state index is -0.489. The Bertz CT molecular complexity index is 598. The Hall–Kier alpha value is -2.37. The molecule has 2 aromatic rings. The lowest BCUT2D eigenvalue weighted by Gasteiger charge is -2.24. The number of hydrogen-bond acceptors (Lipinski definition) is 5. The van der Waals surface area contributed by atoms with Crippen molar-refractivity contribution in [1.82, 2.24) is 15.0 Å². The highest BCUT2D eigenvalue weighted by Crippen LogP contribution is 2.19. The molecule has 22 heavy (non-hydrogen) atoms. The Labute approximate surface area is 130 Å².